The molecule has 1 unspecified atom stereocenters. The van der Waals surface area contributed by atoms with E-state index in [4.69, 9.17) is 18.5 Å². The van der Waals surface area contributed by atoms with Crippen LogP contribution in [0.4, 0.5) is 10.2 Å². The van der Waals surface area contributed by atoms with Gasteiger partial charge in [-0.05, 0) is 46.2 Å². The molecule has 0 radical (unpaired) electrons. The molecule has 13 nitrogen and oxygen atoms in total. The van der Waals surface area contributed by atoms with Gasteiger partial charge in [0.2, 0.25) is 0 Å². The van der Waals surface area contributed by atoms with E-state index in [1.807, 2.05) is 0 Å². The van der Waals surface area contributed by atoms with Gasteiger partial charge < -0.3 is 24.4 Å². The van der Waals surface area contributed by atoms with Crippen molar-refractivity contribution in [1.29, 1.82) is 0 Å². The zero-order valence-electron chi connectivity index (χ0n) is 24.3. The minimum atomic E-state index is -4.27. The first-order valence-corrected chi connectivity index (χ1v) is 15.4. The van der Waals surface area contributed by atoms with Crippen LogP contribution in [-0.4, -0.2) is 73.8 Å². The average molecular weight is 609 g/mol. The van der Waals surface area contributed by atoms with Crippen LogP contribution in [0.3, 0.4) is 0 Å². The summed E-state index contributed by atoms with van der Waals surface area (Å²) in [5.41, 5.74) is -1.58. The van der Waals surface area contributed by atoms with Crippen LogP contribution >= 0.6 is 7.75 Å². The molecule has 3 heterocycles. The quantitative estimate of drug-likeness (QED) is 0.137. The number of carbonyl (C=O) groups excluding carboxylic acids is 1. The number of halogens is 1. The van der Waals surface area contributed by atoms with E-state index in [0.717, 1.165) is 12.8 Å². The number of hydrogen-bond acceptors (Lipinski definition) is 11. The molecule has 3 aromatic rings. The van der Waals surface area contributed by atoms with E-state index in [9.17, 15) is 14.5 Å². The fourth-order valence-electron chi connectivity index (χ4n) is 4.39. The molecule has 1 aliphatic rings. The molecule has 42 heavy (non-hydrogen) atoms. The van der Waals surface area contributed by atoms with Crippen molar-refractivity contribution in [2.24, 2.45) is 0 Å². The monoisotopic (exact) mass is 608 g/mol. The Morgan fingerprint density at radius 1 is 1.24 bits per heavy atom. The fraction of sp³-hybridized carbons (Fsp3) is 0.556. The van der Waals surface area contributed by atoms with Crippen molar-refractivity contribution in [3.8, 4) is 5.75 Å². The lowest BCUT2D eigenvalue weighted by Gasteiger charge is -2.25. The highest BCUT2D eigenvalue weighted by molar-refractivity contribution is 7.52. The fourth-order valence-corrected chi connectivity index (χ4v) is 5.90. The first-order valence-electron chi connectivity index (χ1n) is 13.9. The number of imidazole rings is 1. The Labute approximate surface area is 243 Å². The lowest BCUT2D eigenvalue weighted by Crippen LogP contribution is -2.41. The number of fused-ring (bicyclic) bond motifs is 1. The lowest BCUT2D eigenvalue weighted by atomic mass is 9.98. The minimum absolute atomic E-state index is 0.201. The van der Waals surface area contributed by atoms with Crippen molar-refractivity contribution in [3.63, 3.8) is 0 Å². The number of anilines is 1. The number of nitrogens with zero attached hydrogens (tertiary/aromatic N) is 4. The number of alkyl halides is 1. The van der Waals surface area contributed by atoms with Gasteiger partial charge in [-0.3, -0.25) is 13.9 Å². The average Bonchev–Trinajstić information content (AvgIpc) is 3.46. The van der Waals surface area contributed by atoms with Crippen molar-refractivity contribution in [1.82, 2.24) is 24.6 Å². The molecular formula is C27H38FN6O7P. The summed E-state index contributed by atoms with van der Waals surface area (Å²) in [4.78, 5) is 25.3. The molecule has 4 rings (SSSR count). The highest BCUT2D eigenvalue weighted by Gasteiger charge is 2.56. The van der Waals surface area contributed by atoms with Crippen LogP contribution in [0.2, 0.25) is 0 Å². The molecule has 1 aromatic carbocycles. The summed E-state index contributed by atoms with van der Waals surface area (Å²) in [5, 5.41) is 16.7. The molecule has 2 aromatic heterocycles. The first kappa shape index (κ1) is 31.8. The molecule has 6 atom stereocenters. The van der Waals surface area contributed by atoms with Crippen molar-refractivity contribution in [2.45, 2.75) is 83.7 Å². The van der Waals surface area contributed by atoms with Crippen LogP contribution in [0.1, 0.15) is 53.7 Å². The van der Waals surface area contributed by atoms with Gasteiger partial charge in [0.25, 0.3) is 0 Å². The molecule has 1 saturated heterocycles. The molecule has 0 aliphatic carbocycles. The number of aliphatic hydroxyl groups excluding tert-OH is 1. The predicted molar refractivity (Wildman–Crippen MR) is 153 cm³/mol. The van der Waals surface area contributed by atoms with Gasteiger partial charge in [-0.1, -0.05) is 31.5 Å². The number of hydrogen-bond donors (Lipinski definition) is 3. The third-order valence-corrected chi connectivity index (χ3v) is 8.23. The van der Waals surface area contributed by atoms with Crippen LogP contribution in [0.25, 0.3) is 11.2 Å². The second kappa shape index (κ2) is 13.4. The summed E-state index contributed by atoms with van der Waals surface area (Å²) >= 11 is 0. The maximum absolute atomic E-state index is 16.0. The smallest absolute Gasteiger partial charge is 0.459 e. The Morgan fingerprint density at radius 3 is 2.67 bits per heavy atom. The summed E-state index contributed by atoms with van der Waals surface area (Å²) in [5.74, 6) is 0.0321. The highest BCUT2D eigenvalue weighted by Crippen LogP contribution is 2.48. The second-order valence-electron chi connectivity index (χ2n) is 10.5. The summed E-state index contributed by atoms with van der Waals surface area (Å²) < 4.78 is 53.6. The number of aliphatic hydroxyl groups is 1. The molecule has 230 valence electrons. The summed E-state index contributed by atoms with van der Waals surface area (Å²) in [6, 6.07) is 7.12. The van der Waals surface area contributed by atoms with Crippen molar-refractivity contribution in [2.75, 3.05) is 18.5 Å². The van der Waals surface area contributed by atoms with E-state index in [2.05, 4.69) is 32.3 Å². The molecule has 0 bridgehead atoms. The van der Waals surface area contributed by atoms with E-state index in [1.165, 1.54) is 31.1 Å². The van der Waals surface area contributed by atoms with Crippen LogP contribution < -0.4 is 14.9 Å². The Balaban J connectivity index is 1.53. The van der Waals surface area contributed by atoms with E-state index < -0.39 is 56.6 Å². The summed E-state index contributed by atoms with van der Waals surface area (Å²) in [6.45, 7) is 8.22. The number of benzene rings is 1. The number of para-hydroxylation sites is 1. The van der Waals surface area contributed by atoms with E-state index in [-0.39, 0.29) is 5.75 Å². The van der Waals surface area contributed by atoms with Crippen molar-refractivity contribution >= 4 is 30.7 Å². The normalized spacial score (nSPS) is 24.4. The molecule has 0 spiro atoms. The molecule has 15 heteroatoms. The molecular weight excluding hydrogens is 570 g/mol. The van der Waals surface area contributed by atoms with Crippen LogP contribution in [0, 0.1) is 0 Å². The van der Waals surface area contributed by atoms with Crippen LogP contribution in [-0.2, 0) is 23.4 Å². The number of ether oxygens (including phenoxy) is 2. The second-order valence-corrected chi connectivity index (χ2v) is 12.2. The van der Waals surface area contributed by atoms with Gasteiger partial charge in [0.15, 0.2) is 28.9 Å². The SMILES string of the molecule is CCCCNc1ncnc2c1ncn2[C@@H]1O[C@H](COP(=O)(N[C@@H](C)C(=O)OC(C)C)Oc2ccccc2)[C@@H](O)[C@@]1(C)F. The largest absolute Gasteiger partial charge is 0.462 e. The Hall–Kier alpha value is -3.16. The maximum atomic E-state index is 16.0. The number of nitrogens with one attached hydrogen (secondary N) is 2. The van der Waals surface area contributed by atoms with E-state index >= 15 is 4.39 Å². The number of esters is 1. The minimum Gasteiger partial charge on any atom is -0.462 e. The Morgan fingerprint density at radius 2 is 1.98 bits per heavy atom. The van der Waals surface area contributed by atoms with Crippen molar-refractivity contribution in [3.05, 3.63) is 43.0 Å². The number of carbonyl (C=O) groups is 1. The van der Waals surface area contributed by atoms with Gasteiger partial charge in [0.05, 0.1) is 19.0 Å². The highest BCUT2D eigenvalue weighted by atomic mass is 31.2. The lowest BCUT2D eigenvalue weighted by molar-refractivity contribution is -0.149. The summed E-state index contributed by atoms with van der Waals surface area (Å²) in [6.07, 6.45) is -0.0549. The van der Waals surface area contributed by atoms with Gasteiger partial charge in [0.1, 0.15) is 30.3 Å². The van der Waals surface area contributed by atoms with E-state index in [1.54, 1.807) is 44.2 Å². The van der Waals surface area contributed by atoms with Gasteiger partial charge in [-0.15, -0.1) is 0 Å². The Kier molecular flexibility index (Phi) is 10.2. The maximum Gasteiger partial charge on any atom is 0.459 e. The molecule has 0 amide bonds. The molecule has 1 aliphatic heterocycles. The van der Waals surface area contributed by atoms with Gasteiger partial charge in [-0.25, -0.2) is 23.9 Å². The topological polar surface area (TPSA) is 159 Å². The third-order valence-electron chi connectivity index (χ3n) is 6.59. The number of rotatable bonds is 14. The number of aromatic nitrogens is 4. The third kappa shape index (κ3) is 7.24. The van der Waals surface area contributed by atoms with Crippen molar-refractivity contribution < 1.29 is 37.4 Å². The molecule has 3 N–H and O–H groups in total. The van der Waals surface area contributed by atoms with Crippen LogP contribution in [0.5, 0.6) is 5.75 Å². The predicted octanol–water partition coefficient (Wildman–Crippen LogP) is 4.16. The molecule has 1 fully saturated rings. The molecule has 0 saturated carbocycles. The number of unbranched alkanes of at least 4 members (excludes halogenated alkanes) is 1. The van der Waals surface area contributed by atoms with Gasteiger partial charge >= 0.3 is 13.7 Å². The van der Waals surface area contributed by atoms with Gasteiger partial charge in [-0.2, -0.15) is 5.09 Å². The first-order chi connectivity index (χ1) is 19.9. The van der Waals surface area contributed by atoms with E-state index in [0.29, 0.717) is 23.5 Å². The zero-order chi connectivity index (χ0) is 30.5. The standard InChI is InChI=1S/C27H38FN6O7P/c1-6-7-13-29-23-21-24(31-15-30-23)34(16-32-21)26-27(5,28)22(35)20(40-26)14-38-42(37,41-19-11-9-8-10-12-19)33-18(4)25(36)39-17(2)3/h8-12,15-18,20,22,26,35H,6-7,13-14H2,1-5H3,(H,33,37)(H,29,30,31)/t18-,20+,22+,26+,27+,42?/m0/s1. The zero-order valence-corrected chi connectivity index (χ0v) is 25.2. The van der Waals surface area contributed by atoms with Gasteiger partial charge in [0, 0.05) is 6.54 Å². The Bertz CT molecular complexity index is 1390. The van der Waals surface area contributed by atoms with Crippen LogP contribution in [0.15, 0.2) is 43.0 Å². The summed E-state index contributed by atoms with van der Waals surface area (Å²) in [7, 11) is -4.27.